The summed E-state index contributed by atoms with van der Waals surface area (Å²) in [6.45, 7) is 1.75. The van der Waals surface area contributed by atoms with E-state index in [4.69, 9.17) is 11.6 Å². The molecule has 1 heterocycles. The molecule has 17 heavy (non-hydrogen) atoms. The van der Waals surface area contributed by atoms with E-state index in [2.05, 4.69) is 9.71 Å². The Morgan fingerprint density at radius 3 is 2.82 bits per heavy atom. The normalized spacial score (nSPS) is 18.1. The summed E-state index contributed by atoms with van der Waals surface area (Å²) in [7, 11) is -3.71. The molecule has 0 radical (unpaired) electrons. The molecule has 1 aliphatic rings. The van der Waals surface area contributed by atoms with E-state index < -0.39 is 15.6 Å². The van der Waals surface area contributed by atoms with Crippen LogP contribution in [0.1, 0.15) is 18.4 Å². The first-order valence-corrected chi connectivity index (χ1v) is 7.03. The van der Waals surface area contributed by atoms with Crippen LogP contribution in [0.4, 0.5) is 0 Å². The number of aromatic nitrogens is 1. The number of hydrogen-bond acceptors (Lipinski definition) is 4. The maximum absolute atomic E-state index is 11.9. The lowest BCUT2D eigenvalue weighted by Gasteiger charge is -2.11. The van der Waals surface area contributed by atoms with Crippen molar-refractivity contribution >= 4 is 21.6 Å². The van der Waals surface area contributed by atoms with Gasteiger partial charge in [0.2, 0.25) is 10.0 Å². The number of rotatable bonds is 4. The molecule has 1 fully saturated rings. The van der Waals surface area contributed by atoms with E-state index in [0.717, 1.165) is 0 Å². The maximum atomic E-state index is 11.9. The molecule has 1 aromatic heterocycles. The minimum atomic E-state index is -3.71. The van der Waals surface area contributed by atoms with Crippen LogP contribution >= 0.6 is 11.6 Å². The van der Waals surface area contributed by atoms with Gasteiger partial charge in [0.15, 0.2) is 0 Å². The van der Waals surface area contributed by atoms with Gasteiger partial charge < -0.3 is 5.11 Å². The van der Waals surface area contributed by atoms with Crippen LogP contribution in [0, 0.1) is 6.92 Å². The smallest absolute Gasteiger partial charge is 0.243 e. The molecule has 0 spiro atoms. The van der Waals surface area contributed by atoms with Gasteiger partial charge in [-0.15, -0.1) is 0 Å². The van der Waals surface area contributed by atoms with Gasteiger partial charge in [0.25, 0.3) is 0 Å². The van der Waals surface area contributed by atoms with Gasteiger partial charge in [0.05, 0.1) is 5.60 Å². The fourth-order valence-electron chi connectivity index (χ4n) is 1.34. The zero-order valence-corrected chi connectivity index (χ0v) is 10.8. The molecular weight excluding hydrogens is 264 g/mol. The molecule has 1 aromatic rings. The Labute approximate surface area is 105 Å². The molecule has 94 valence electrons. The van der Waals surface area contributed by atoms with Crippen LogP contribution in [0.5, 0.6) is 0 Å². The predicted molar refractivity (Wildman–Crippen MR) is 63.4 cm³/mol. The molecule has 1 saturated carbocycles. The molecule has 1 aliphatic carbocycles. The summed E-state index contributed by atoms with van der Waals surface area (Å²) in [4.78, 5) is 3.74. The fraction of sp³-hybridized carbons (Fsp3) is 0.500. The predicted octanol–water partition coefficient (Wildman–Crippen LogP) is 0.847. The number of aryl methyl sites for hydroxylation is 1. The van der Waals surface area contributed by atoms with Gasteiger partial charge in [-0.05, 0) is 31.4 Å². The molecule has 0 unspecified atom stereocenters. The average Bonchev–Trinajstić information content (AvgIpc) is 2.98. The molecule has 7 heteroatoms. The van der Waals surface area contributed by atoms with Crippen LogP contribution in [0.25, 0.3) is 0 Å². The van der Waals surface area contributed by atoms with E-state index >= 15 is 0 Å². The average molecular weight is 277 g/mol. The van der Waals surface area contributed by atoms with Gasteiger partial charge in [-0.3, -0.25) is 0 Å². The second kappa shape index (κ2) is 4.20. The Kier molecular flexibility index (Phi) is 3.15. The minimum absolute atomic E-state index is 0.0135. The van der Waals surface area contributed by atoms with Crippen LogP contribution in [0.2, 0.25) is 5.15 Å². The Hall–Kier alpha value is -0.690. The van der Waals surface area contributed by atoms with E-state index in [1.54, 1.807) is 6.92 Å². The lowest BCUT2D eigenvalue weighted by atomic mass is 10.3. The Morgan fingerprint density at radius 2 is 2.24 bits per heavy atom. The van der Waals surface area contributed by atoms with Gasteiger partial charge in [-0.2, -0.15) is 0 Å². The largest absolute Gasteiger partial charge is 0.389 e. The molecule has 5 nitrogen and oxygen atoms in total. The summed E-state index contributed by atoms with van der Waals surface area (Å²) < 4.78 is 26.2. The number of nitrogens with one attached hydrogen (secondary N) is 1. The summed E-state index contributed by atoms with van der Waals surface area (Å²) in [5.74, 6) is 0. The Morgan fingerprint density at radius 1 is 1.59 bits per heavy atom. The highest BCUT2D eigenvalue weighted by molar-refractivity contribution is 7.89. The number of halogens is 1. The number of sulfonamides is 1. The second-order valence-corrected chi connectivity index (χ2v) is 6.44. The van der Waals surface area contributed by atoms with Crippen molar-refractivity contribution in [2.75, 3.05) is 6.54 Å². The first-order chi connectivity index (χ1) is 7.82. The van der Waals surface area contributed by atoms with Crippen LogP contribution in [-0.2, 0) is 10.0 Å². The van der Waals surface area contributed by atoms with Crippen LogP contribution < -0.4 is 4.72 Å². The van der Waals surface area contributed by atoms with Crippen molar-refractivity contribution in [3.63, 3.8) is 0 Å². The van der Waals surface area contributed by atoms with Crippen molar-refractivity contribution in [2.24, 2.45) is 0 Å². The second-order valence-electron chi connectivity index (χ2n) is 4.35. The van der Waals surface area contributed by atoms with Gasteiger partial charge in [0.1, 0.15) is 10.0 Å². The summed E-state index contributed by atoms with van der Waals surface area (Å²) in [5, 5.41) is 9.52. The minimum Gasteiger partial charge on any atom is -0.389 e. The van der Waals surface area contributed by atoms with Crippen LogP contribution in [0.15, 0.2) is 17.2 Å². The van der Waals surface area contributed by atoms with Gasteiger partial charge >= 0.3 is 0 Å². The van der Waals surface area contributed by atoms with Crippen molar-refractivity contribution < 1.29 is 13.5 Å². The fourth-order valence-corrected chi connectivity index (χ4v) is 2.98. The van der Waals surface area contributed by atoms with E-state index in [0.29, 0.717) is 18.4 Å². The molecular formula is C10H13ClN2O3S. The van der Waals surface area contributed by atoms with Crippen molar-refractivity contribution in [1.82, 2.24) is 9.71 Å². The molecule has 0 bridgehead atoms. The summed E-state index contributed by atoms with van der Waals surface area (Å²) in [5.41, 5.74) is -0.170. The molecule has 0 aliphatic heterocycles. The van der Waals surface area contributed by atoms with Gasteiger partial charge in [0, 0.05) is 12.7 Å². The first kappa shape index (κ1) is 12.8. The van der Waals surface area contributed by atoms with Gasteiger partial charge in [-0.25, -0.2) is 18.1 Å². The monoisotopic (exact) mass is 276 g/mol. The molecule has 2 N–H and O–H groups in total. The van der Waals surface area contributed by atoms with E-state index in [-0.39, 0.29) is 16.6 Å². The summed E-state index contributed by atoms with van der Waals surface area (Å²) >= 11 is 5.75. The van der Waals surface area contributed by atoms with Crippen molar-refractivity contribution in [2.45, 2.75) is 30.3 Å². The maximum Gasteiger partial charge on any atom is 0.243 e. The van der Waals surface area contributed by atoms with Crippen LogP contribution in [0.3, 0.4) is 0 Å². The van der Waals surface area contributed by atoms with Crippen molar-refractivity contribution in [1.29, 1.82) is 0 Å². The molecule has 0 aromatic carbocycles. The molecule has 0 amide bonds. The zero-order valence-electron chi connectivity index (χ0n) is 9.27. The highest BCUT2D eigenvalue weighted by Crippen LogP contribution is 2.34. The number of pyridine rings is 1. The third-order valence-corrected chi connectivity index (χ3v) is 4.48. The van der Waals surface area contributed by atoms with Crippen molar-refractivity contribution in [3.05, 3.63) is 23.0 Å². The van der Waals surface area contributed by atoms with Gasteiger partial charge in [-0.1, -0.05) is 11.6 Å². The zero-order chi connectivity index (χ0) is 12.7. The molecule has 0 atom stereocenters. The summed E-state index contributed by atoms with van der Waals surface area (Å²) in [6, 6.07) is 1.45. The first-order valence-electron chi connectivity index (χ1n) is 5.17. The summed E-state index contributed by atoms with van der Waals surface area (Å²) in [6.07, 6.45) is 2.74. The topological polar surface area (TPSA) is 79.3 Å². The van der Waals surface area contributed by atoms with E-state index in [1.165, 1.54) is 12.3 Å². The SMILES string of the molecule is Cc1cnc(Cl)c(S(=O)(=O)NCC2(O)CC2)c1. The third-order valence-electron chi connectivity index (χ3n) is 2.65. The Bertz CT molecular complexity index is 540. The molecule has 2 rings (SSSR count). The molecule has 0 saturated heterocycles. The number of nitrogens with zero attached hydrogens (tertiary/aromatic N) is 1. The lowest BCUT2D eigenvalue weighted by molar-refractivity contribution is 0.155. The quantitative estimate of drug-likeness (QED) is 0.799. The lowest BCUT2D eigenvalue weighted by Crippen LogP contribution is -2.33. The van der Waals surface area contributed by atoms with E-state index in [1.807, 2.05) is 0 Å². The number of aliphatic hydroxyl groups is 1. The van der Waals surface area contributed by atoms with E-state index in [9.17, 15) is 13.5 Å². The highest BCUT2D eigenvalue weighted by atomic mass is 35.5. The standard InChI is InChI=1S/C10H13ClN2O3S/c1-7-4-8(9(11)12-5-7)17(15,16)13-6-10(14)2-3-10/h4-5,13-14H,2-3,6H2,1H3. The van der Waals surface area contributed by atoms with Crippen molar-refractivity contribution in [3.8, 4) is 0 Å². The number of hydrogen-bond donors (Lipinski definition) is 2. The Balaban J connectivity index is 2.21. The highest BCUT2D eigenvalue weighted by Gasteiger charge is 2.41. The van der Waals surface area contributed by atoms with Crippen LogP contribution in [-0.4, -0.2) is 30.7 Å². The third kappa shape index (κ3) is 2.95.